The van der Waals surface area contributed by atoms with Crippen LogP contribution in [-0.4, -0.2) is 6.29 Å². The van der Waals surface area contributed by atoms with E-state index in [0.29, 0.717) is 0 Å². The lowest BCUT2D eigenvalue weighted by atomic mass is 9.92. The fourth-order valence-corrected chi connectivity index (χ4v) is 2.97. The lowest BCUT2D eigenvalue weighted by Crippen LogP contribution is -1.90. The molecule has 0 aromatic heterocycles. The van der Waals surface area contributed by atoms with Gasteiger partial charge >= 0.3 is 0 Å². The van der Waals surface area contributed by atoms with Crippen molar-refractivity contribution in [2.75, 3.05) is 5.73 Å². The summed E-state index contributed by atoms with van der Waals surface area (Å²) in [6.45, 7) is 0. The van der Waals surface area contributed by atoms with Crippen molar-refractivity contribution in [3.8, 4) is 0 Å². The average molecular weight is 245 g/mol. The minimum absolute atomic E-state index is 0.735. The number of benzene rings is 4. The molecule has 2 heteroatoms. The number of hydrogen-bond donors (Lipinski definition) is 1. The van der Waals surface area contributed by atoms with E-state index in [0.717, 1.165) is 44.5 Å². The lowest BCUT2D eigenvalue weighted by Gasteiger charge is -2.12. The molecule has 0 saturated carbocycles. The highest BCUT2D eigenvalue weighted by Crippen LogP contribution is 2.36. The summed E-state index contributed by atoms with van der Waals surface area (Å²) in [6, 6.07) is 16.0. The third-order valence-corrected chi connectivity index (χ3v) is 3.78. The Morgan fingerprint density at radius 1 is 0.789 bits per heavy atom. The molecule has 2 N–H and O–H groups in total. The van der Waals surface area contributed by atoms with Gasteiger partial charge in [-0.1, -0.05) is 36.4 Å². The first-order chi connectivity index (χ1) is 9.28. The first-order valence-electron chi connectivity index (χ1n) is 6.20. The molecule has 4 aromatic rings. The van der Waals surface area contributed by atoms with Crippen molar-refractivity contribution in [3.63, 3.8) is 0 Å². The van der Waals surface area contributed by atoms with Crippen LogP contribution in [0, 0.1) is 0 Å². The molecule has 90 valence electrons. The zero-order valence-corrected chi connectivity index (χ0v) is 10.2. The molecule has 19 heavy (non-hydrogen) atoms. The van der Waals surface area contributed by atoms with Crippen LogP contribution in [0.1, 0.15) is 10.4 Å². The van der Waals surface area contributed by atoms with Crippen molar-refractivity contribution in [2.45, 2.75) is 0 Å². The van der Waals surface area contributed by atoms with Gasteiger partial charge in [-0.2, -0.15) is 0 Å². The highest BCUT2D eigenvalue weighted by atomic mass is 16.1. The van der Waals surface area contributed by atoms with Crippen LogP contribution >= 0.6 is 0 Å². The topological polar surface area (TPSA) is 43.1 Å². The van der Waals surface area contributed by atoms with E-state index < -0.39 is 0 Å². The summed E-state index contributed by atoms with van der Waals surface area (Å²) in [5.41, 5.74) is 7.43. The van der Waals surface area contributed by atoms with Crippen molar-refractivity contribution < 1.29 is 4.79 Å². The maximum Gasteiger partial charge on any atom is 0.150 e. The van der Waals surface area contributed by atoms with E-state index in [9.17, 15) is 4.79 Å². The molecule has 0 spiro atoms. The Labute approximate surface area is 109 Å². The second-order valence-corrected chi connectivity index (χ2v) is 4.89. The van der Waals surface area contributed by atoms with Crippen LogP contribution in [0.2, 0.25) is 0 Å². The second kappa shape index (κ2) is 3.45. The number of nitrogens with two attached hydrogens (primary N) is 1. The van der Waals surface area contributed by atoms with Crippen LogP contribution in [0.3, 0.4) is 0 Å². The van der Waals surface area contributed by atoms with Gasteiger partial charge in [0, 0.05) is 11.3 Å². The average Bonchev–Trinajstić information content (AvgIpc) is 2.43. The van der Waals surface area contributed by atoms with Gasteiger partial charge in [0.05, 0.1) is 0 Å². The molecule has 0 heterocycles. The molecule has 0 amide bonds. The largest absolute Gasteiger partial charge is 0.399 e. The van der Waals surface area contributed by atoms with E-state index in [1.807, 2.05) is 36.4 Å². The van der Waals surface area contributed by atoms with Crippen molar-refractivity contribution in [2.24, 2.45) is 0 Å². The normalized spacial score (nSPS) is 11.6. The Balaban J connectivity index is 2.40. The van der Waals surface area contributed by atoms with E-state index in [1.54, 1.807) is 0 Å². The van der Waals surface area contributed by atoms with E-state index >= 15 is 0 Å². The number of hydrogen-bond acceptors (Lipinski definition) is 2. The van der Waals surface area contributed by atoms with Crippen molar-refractivity contribution >= 4 is 44.3 Å². The number of anilines is 1. The first-order valence-corrected chi connectivity index (χ1v) is 6.20. The molecule has 0 atom stereocenters. The van der Waals surface area contributed by atoms with Crippen LogP contribution in [0.15, 0.2) is 48.5 Å². The molecule has 4 aromatic carbocycles. The summed E-state index contributed by atoms with van der Waals surface area (Å²) >= 11 is 0. The van der Waals surface area contributed by atoms with Gasteiger partial charge in [0.15, 0.2) is 6.29 Å². The molecule has 2 nitrogen and oxygen atoms in total. The Hall–Kier alpha value is -2.61. The molecule has 0 unspecified atom stereocenters. The predicted molar refractivity (Wildman–Crippen MR) is 79.9 cm³/mol. The fourth-order valence-electron chi connectivity index (χ4n) is 2.97. The predicted octanol–water partition coefficient (Wildman–Crippen LogP) is 3.98. The maximum atomic E-state index is 11.2. The van der Waals surface area contributed by atoms with Gasteiger partial charge < -0.3 is 5.73 Å². The molecule has 0 aliphatic rings. The second-order valence-electron chi connectivity index (χ2n) is 4.89. The van der Waals surface area contributed by atoms with Crippen molar-refractivity contribution in [1.29, 1.82) is 0 Å². The molecular weight excluding hydrogens is 234 g/mol. The van der Waals surface area contributed by atoms with E-state index in [4.69, 9.17) is 5.73 Å². The van der Waals surface area contributed by atoms with Gasteiger partial charge in [0.1, 0.15) is 0 Å². The van der Waals surface area contributed by atoms with E-state index in [2.05, 4.69) is 12.1 Å². The Bertz CT molecular complexity index is 921. The van der Waals surface area contributed by atoms with Crippen molar-refractivity contribution in [1.82, 2.24) is 0 Å². The Morgan fingerprint density at radius 3 is 2.16 bits per heavy atom. The highest BCUT2D eigenvalue weighted by Gasteiger charge is 2.10. The van der Waals surface area contributed by atoms with Crippen molar-refractivity contribution in [3.05, 3.63) is 54.1 Å². The summed E-state index contributed by atoms with van der Waals surface area (Å²) in [5, 5.41) is 6.75. The number of carbonyl (C=O) groups is 1. The SMILES string of the molecule is Nc1cc2ccc3ccc(C=O)c4ccc(c1)c2c34. The molecular formula is C17H11NO. The molecule has 4 rings (SSSR count). The van der Waals surface area contributed by atoms with Crippen LogP contribution in [0.25, 0.3) is 32.3 Å². The zero-order valence-electron chi connectivity index (χ0n) is 10.2. The summed E-state index contributed by atoms with van der Waals surface area (Å²) in [7, 11) is 0. The molecule has 0 fully saturated rings. The van der Waals surface area contributed by atoms with Gasteiger partial charge in [-0.25, -0.2) is 0 Å². The van der Waals surface area contributed by atoms with E-state index in [1.165, 1.54) is 5.39 Å². The quantitative estimate of drug-likeness (QED) is 0.313. The van der Waals surface area contributed by atoms with Crippen LogP contribution < -0.4 is 5.73 Å². The maximum absolute atomic E-state index is 11.2. The summed E-state index contributed by atoms with van der Waals surface area (Å²) in [5.74, 6) is 0. The lowest BCUT2D eigenvalue weighted by molar-refractivity contribution is 0.112. The van der Waals surface area contributed by atoms with Gasteiger partial charge in [0.2, 0.25) is 0 Å². The standard InChI is InChI=1S/C17H11NO/c18-14-7-11-3-1-10-2-4-13(9-19)15-6-5-12(8-14)16(11)17(10)15/h1-9H,18H2. The number of carbonyl (C=O) groups excluding carboxylic acids is 1. The molecule has 0 aliphatic heterocycles. The number of aldehydes is 1. The van der Waals surface area contributed by atoms with E-state index in [-0.39, 0.29) is 0 Å². The van der Waals surface area contributed by atoms with Crippen LogP contribution in [0.5, 0.6) is 0 Å². The molecule has 0 aliphatic carbocycles. The fraction of sp³-hybridized carbons (Fsp3) is 0. The summed E-state index contributed by atoms with van der Waals surface area (Å²) in [4.78, 5) is 11.2. The van der Waals surface area contributed by atoms with Gasteiger partial charge in [-0.3, -0.25) is 4.79 Å². The molecule has 0 radical (unpaired) electrons. The third-order valence-electron chi connectivity index (χ3n) is 3.78. The van der Waals surface area contributed by atoms with Crippen LogP contribution in [0.4, 0.5) is 5.69 Å². The Kier molecular flexibility index (Phi) is 1.88. The monoisotopic (exact) mass is 245 g/mol. The first kappa shape index (κ1) is 10.3. The minimum atomic E-state index is 0.735. The highest BCUT2D eigenvalue weighted by molar-refractivity contribution is 6.25. The molecule has 0 bridgehead atoms. The van der Waals surface area contributed by atoms with Gasteiger partial charge in [-0.15, -0.1) is 0 Å². The van der Waals surface area contributed by atoms with Gasteiger partial charge in [0.25, 0.3) is 0 Å². The molecule has 0 saturated heterocycles. The van der Waals surface area contributed by atoms with Crippen LogP contribution in [-0.2, 0) is 0 Å². The smallest absolute Gasteiger partial charge is 0.150 e. The number of rotatable bonds is 1. The zero-order chi connectivity index (χ0) is 13.0. The summed E-state index contributed by atoms with van der Waals surface area (Å²) in [6.07, 6.45) is 0.917. The third kappa shape index (κ3) is 1.28. The minimum Gasteiger partial charge on any atom is -0.399 e. The van der Waals surface area contributed by atoms with Gasteiger partial charge in [-0.05, 0) is 44.5 Å². The Morgan fingerprint density at radius 2 is 1.42 bits per heavy atom. The summed E-state index contributed by atoms with van der Waals surface area (Å²) < 4.78 is 0. The number of nitrogen functional groups attached to an aromatic ring is 1.